The van der Waals surface area contributed by atoms with Crippen molar-refractivity contribution in [3.63, 3.8) is 0 Å². The van der Waals surface area contributed by atoms with Crippen LogP contribution in [0.25, 0.3) is 0 Å². The fourth-order valence-electron chi connectivity index (χ4n) is 5.00. The Morgan fingerprint density at radius 1 is 0.778 bits per heavy atom. The van der Waals surface area contributed by atoms with Gasteiger partial charge in [-0.2, -0.15) is 5.06 Å². The molecule has 3 aromatic carbocycles. The number of rotatable bonds is 11. The van der Waals surface area contributed by atoms with Crippen LogP contribution in [0.5, 0.6) is 0 Å². The molecule has 2 fully saturated rings. The number of hydroxylamine groups is 2. The number of ether oxygens (including phenoxy) is 3. The summed E-state index contributed by atoms with van der Waals surface area (Å²) in [5.41, 5.74) is 3.30. The van der Waals surface area contributed by atoms with Crippen molar-refractivity contribution in [3.05, 3.63) is 108 Å². The first-order chi connectivity index (χ1) is 17.7. The zero-order valence-electron chi connectivity index (χ0n) is 20.6. The second-order valence-corrected chi connectivity index (χ2v) is 9.46. The van der Waals surface area contributed by atoms with Gasteiger partial charge >= 0.3 is 0 Å². The lowest BCUT2D eigenvalue weighted by atomic mass is 10.0. The number of hydrogen-bond donors (Lipinski definition) is 0. The van der Waals surface area contributed by atoms with E-state index in [-0.39, 0.29) is 30.1 Å². The van der Waals surface area contributed by atoms with Gasteiger partial charge in [0.25, 0.3) is 0 Å². The normalized spacial score (nSPS) is 25.6. The van der Waals surface area contributed by atoms with Crippen LogP contribution >= 0.6 is 0 Å². The molecule has 0 bridgehead atoms. The van der Waals surface area contributed by atoms with Gasteiger partial charge in [0.1, 0.15) is 18.3 Å². The summed E-state index contributed by atoms with van der Waals surface area (Å²) in [6.45, 7) is 3.40. The van der Waals surface area contributed by atoms with Crippen LogP contribution < -0.4 is 0 Å². The summed E-state index contributed by atoms with van der Waals surface area (Å²) in [6.07, 6.45) is -0.425. The third-order valence-electron chi connectivity index (χ3n) is 6.86. The Hall–Kier alpha value is -2.87. The zero-order valence-corrected chi connectivity index (χ0v) is 20.6. The molecule has 0 radical (unpaired) electrons. The third-order valence-corrected chi connectivity index (χ3v) is 6.86. The number of nitrogens with zero attached hydrogens (tertiary/aromatic N) is 1. The van der Waals surface area contributed by atoms with Gasteiger partial charge in [0.2, 0.25) is 0 Å². The van der Waals surface area contributed by atoms with Crippen LogP contribution in [0.4, 0.5) is 0 Å². The minimum atomic E-state index is -0.468. The molecule has 0 spiro atoms. The monoisotopic (exact) mass is 487 g/mol. The van der Waals surface area contributed by atoms with E-state index >= 15 is 0 Å². The van der Waals surface area contributed by atoms with E-state index in [1.807, 2.05) is 71.8 Å². The summed E-state index contributed by atoms with van der Waals surface area (Å²) in [6, 6.07) is 30.0. The molecular weight excluding hydrogens is 454 g/mol. The molecule has 6 nitrogen and oxygen atoms in total. The SMILES string of the molecule is CC(=O)[C@@H]1C[C@H]2[C@H](OCc3ccccc3)[C@H](OCc3ccccc3)[C@@H](COCc3ccccc3)N2O1. The van der Waals surface area contributed by atoms with Crippen LogP contribution in [-0.2, 0) is 43.7 Å². The lowest BCUT2D eigenvalue weighted by Crippen LogP contribution is -2.42. The molecule has 6 heteroatoms. The van der Waals surface area contributed by atoms with Crippen molar-refractivity contribution in [1.29, 1.82) is 0 Å². The highest BCUT2D eigenvalue weighted by Gasteiger charge is 2.56. The van der Waals surface area contributed by atoms with Gasteiger partial charge in [0, 0.05) is 6.42 Å². The Morgan fingerprint density at radius 3 is 1.81 bits per heavy atom. The van der Waals surface area contributed by atoms with Crippen molar-refractivity contribution in [2.24, 2.45) is 0 Å². The molecule has 0 N–H and O–H groups in total. The van der Waals surface area contributed by atoms with E-state index in [1.165, 1.54) is 0 Å². The molecular formula is C30H33NO5. The summed E-state index contributed by atoms with van der Waals surface area (Å²) in [5.74, 6) is 0.0249. The minimum absolute atomic E-state index is 0.0249. The molecule has 188 valence electrons. The van der Waals surface area contributed by atoms with Crippen LogP contribution in [-0.4, -0.2) is 47.8 Å². The zero-order chi connectivity index (χ0) is 24.7. The topological polar surface area (TPSA) is 57.2 Å². The Bertz CT molecular complexity index is 1090. The number of fused-ring (bicyclic) bond motifs is 1. The molecule has 2 aliphatic rings. The van der Waals surface area contributed by atoms with Gasteiger partial charge in [-0.25, -0.2) is 0 Å². The number of carbonyl (C=O) groups is 1. The van der Waals surface area contributed by atoms with Crippen molar-refractivity contribution >= 4 is 5.78 Å². The number of carbonyl (C=O) groups excluding carboxylic acids is 1. The number of hydrogen-bond acceptors (Lipinski definition) is 6. The molecule has 5 atom stereocenters. The molecule has 3 aromatic rings. The van der Waals surface area contributed by atoms with E-state index in [0.29, 0.717) is 32.8 Å². The molecule has 36 heavy (non-hydrogen) atoms. The maximum Gasteiger partial charge on any atom is 0.160 e. The fraction of sp³-hybridized carbons (Fsp3) is 0.367. The number of benzene rings is 3. The highest BCUT2D eigenvalue weighted by molar-refractivity contribution is 5.80. The van der Waals surface area contributed by atoms with E-state index in [0.717, 1.165) is 16.7 Å². The Kier molecular flexibility index (Phi) is 8.21. The second-order valence-electron chi connectivity index (χ2n) is 9.46. The van der Waals surface area contributed by atoms with E-state index in [1.54, 1.807) is 6.92 Å². The van der Waals surface area contributed by atoms with E-state index in [2.05, 4.69) is 24.3 Å². The fourth-order valence-corrected chi connectivity index (χ4v) is 5.00. The molecule has 0 saturated carbocycles. The van der Waals surface area contributed by atoms with Gasteiger partial charge in [-0.15, -0.1) is 0 Å². The molecule has 2 heterocycles. The molecule has 2 saturated heterocycles. The van der Waals surface area contributed by atoms with Gasteiger partial charge in [-0.3, -0.25) is 9.63 Å². The number of Topliss-reactive ketones (excluding diaryl/α,β-unsaturated/α-hetero) is 1. The van der Waals surface area contributed by atoms with E-state index < -0.39 is 6.10 Å². The quantitative estimate of drug-likeness (QED) is 0.390. The van der Waals surface area contributed by atoms with Crippen molar-refractivity contribution in [3.8, 4) is 0 Å². The standard InChI is InChI=1S/C30H33NO5/c1-22(32)28-17-26-29(34-19-24-13-7-3-8-14-24)30(35-20-25-15-9-4-10-16-25)27(31(26)36-28)21-33-18-23-11-5-2-6-12-23/h2-16,26-30H,17-21H2,1H3/t26-,27+,28-,29-,30+/m0/s1. The van der Waals surface area contributed by atoms with Gasteiger partial charge in [0.05, 0.1) is 38.5 Å². The Balaban J connectivity index is 1.35. The lowest BCUT2D eigenvalue weighted by molar-refractivity contribution is -0.197. The van der Waals surface area contributed by atoms with Crippen LogP contribution in [0.3, 0.4) is 0 Å². The third kappa shape index (κ3) is 5.91. The van der Waals surface area contributed by atoms with Gasteiger partial charge in [0.15, 0.2) is 5.78 Å². The second kappa shape index (κ2) is 11.9. The van der Waals surface area contributed by atoms with Crippen molar-refractivity contribution in [1.82, 2.24) is 5.06 Å². The van der Waals surface area contributed by atoms with Gasteiger partial charge in [-0.05, 0) is 23.6 Å². The maximum absolute atomic E-state index is 12.2. The highest BCUT2D eigenvalue weighted by Crippen LogP contribution is 2.39. The van der Waals surface area contributed by atoms with Crippen molar-refractivity contribution in [2.45, 2.75) is 63.6 Å². The van der Waals surface area contributed by atoms with E-state index in [9.17, 15) is 4.79 Å². The van der Waals surface area contributed by atoms with Crippen LogP contribution in [0.2, 0.25) is 0 Å². The highest BCUT2D eigenvalue weighted by atomic mass is 16.7. The Labute approximate surface area is 212 Å². The van der Waals surface area contributed by atoms with Crippen molar-refractivity contribution in [2.75, 3.05) is 6.61 Å². The number of ketones is 1. The average Bonchev–Trinajstić information content (AvgIpc) is 3.46. The summed E-state index contributed by atoms with van der Waals surface area (Å²) >= 11 is 0. The molecule has 2 aliphatic heterocycles. The van der Waals surface area contributed by atoms with E-state index in [4.69, 9.17) is 19.0 Å². The average molecular weight is 488 g/mol. The molecule has 0 amide bonds. The summed E-state index contributed by atoms with van der Waals surface area (Å²) in [4.78, 5) is 18.4. The molecule has 0 unspecified atom stereocenters. The van der Waals surface area contributed by atoms with Crippen LogP contribution in [0, 0.1) is 0 Å². The summed E-state index contributed by atoms with van der Waals surface area (Å²) in [5, 5.41) is 1.92. The van der Waals surface area contributed by atoms with Crippen LogP contribution in [0.1, 0.15) is 30.0 Å². The molecule has 0 aliphatic carbocycles. The molecule has 0 aromatic heterocycles. The first kappa shape index (κ1) is 24.8. The smallest absolute Gasteiger partial charge is 0.160 e. The largest absolute Gasteiger partial charge is 0.375 e. The van der Waals surface area contributed by atoms with Crippen LogP contribution in [0.15, 0.2) is 91.0 Å². The maximum atomic E-state index is 12.2. The first-order valence-electron chi connectivity index (χ1n) is 12.6. The van der Waals surface area contributed by atoms with Crippen molar-refractivity contribution < 1.29 is 23.8 Å². The summed E-state index contributed by atoms with van der Waals surface area (Å²) in [7, 11) is 0. The predicted molar refractivity (Wildman–Crippen MR) is 136 cm³/mol. The first-order valence-corrected chi connectivity index (χ1v) is 12.6. The summed E-state index contributed by atoms with van der Waals surface area (Å²) < 4.78 is 19.2. The Morgan fingerprint density at radius 2 is 1.28 bits per heavy atom. The van der Waals surface area contributed by atoms with Gasteiger partial charge in [-0.1, -0.05) is 91.0 Å². The van der Waals surface area contributed by atoms with Gasteiger partial charge < -0.3 is 14.2 Å². The lowest BCUT2D eigenvalue weighted by Gasteiger charge is -2.28. The minimum Gasteiger partial charge on any atom is -0.375 e. The predicted octanol–water partition coefficient (Wildman–Crippen LogP) is 4.72. The molecule has 5 rings (SSSR count).